The Hall–Kier alpha value is -1.79. The van der Waals surface area contributed by atoms with Crippen molar-refractivity contribution in [2.45, 2.75) is 58.3 Å². The van der Waals surface area contributed by atoms with Gasteiger partial charge >= 0.3 is 6.18 Å². The molecule has 1 heterocycles. The topological polar surface area (TPSA) is 49.3 Å². The Morgan fingerprint density at radius 1 is 1.29 bits per heavy atom. The van der Waals surface area contributed by atoms with E-state index in [-0.39, 0.29) is 18.9 Å². The monoisotopic (exact) mass is 342 g/mol. The lowest BCUT2D eigenvalue weighted by molar-refractivity contribution is -0.182. The zero-order valence-corrected chi connectivity index (χ0v) is 14.2. The molecule has 0 spiro atoms. The lowest BCUT2D eigenvalue weighted by Gasteiger charge is -2.31. The molecular weight excluding hydrogens is 317 g/mol. The van der Waals surface area contributed by atoms with E-state index in [9.17, 15) is 13.2 Å². The summed E-state index contributed by atoms with van der Waals surface area (Å²) in [6.07, 6.45) is -0.953. The number of aliphatic imine (C=N–C) groups is 1. The third-order valence-corrected chi connectivity index (χ3v) is 4.38. The summed E-state index contributed by atoms with van der Waals surface area (Å²) in [7, 11) is 0. The second-order valence-electron chi connectivity index (χ2n) is 6.20. The molecule has 24 heavy (non-hydrogen) atoms. The van der Waals surface area contributed by atoms with Crippen molar-refractivity contribution >= 4 is 5.96 Å². The zero-order chi connectivity index (χ0) is 17.6. The highest BCUT2D eigenvalue weighted by Crippen LogP contribution is 2.37. The fourth-order valence-corrected chi connectivity index (χ4v) is 2.92. The highest BCUT2D eigenvalue weighted by molar-refractivity contribution is 5.80. The van der Waals surface area contributed by atoms with Gasteiger partial charge in [0, 0.05) is 18.8 Å². The van der Waals surface area contributed by atoms with Crippen LogP contribution in [0.3, 0.4) is 0 Å². The van der Waals surface area contributed by atoms with Gasteiger partial charge in [-0.2, -0.15) is 13.2 Å². The Labute approximate surface area is 141 Å². The largest absolute Gasteiger partial charge is 0.391 e. The van der Waals surface area contributed by atoms with Crippen LogP contribution < -0.4 is 10.6 Å². The van der Waals surface area contributed by atoms with E-state index in [0.29, 0.717) is 31.9 Å². The van der Waals surface area contributed by atoms with Gasteiger partial charge in [-0.3, -0.25) is 4.98 Å². The molecular formula is C17H25F3N4. The fraction of sp³-hybridized carbons (Fsp3) is 0.647. The molecule has 134 valence electrons. The van der Waals surface area contributed by atoms with Gasteiger partial charge in [-0.05, 0) is 51.2 Å². The first-order chi connectivity index (χ1) is 11.4. The third-order valence-electron chi connectivity index (χ3n) is 4.38. The Bertz CT molecular complexity index is 549. The molecule has 0 atom stereocenters. The molecule has 0 amide bonds. The lowest BCUT2D eigenvalue weighted by atomic mass is 9.85. The van der Waals surface area contributed by atoms with E-state index in [0.717, 1.165) is 11.3 Å². The average Bonchev–Trinajstić information content (AvgIpc) is 2.54. The van der Waals surface area contributed by atoms with Crippen LogP contribution in [-0.2, 0) is 6.54 Å². The lowest BCUT2D eigenvalue weighted by Crippen LogP contribution is -2.45. The van der Waals surface area contributed by atoms with Crippen molar-refractivity contribution in [3.63, 3.8) is 0 Å². The minimum Gasteiger partial charge on any atom is -0.357 e. The van der Waals surface area contributed by atoms with Crippen molar-refractivity contribution in [2.24, 2.45) is 10.9 Å². The molecule has 0 radical (unpaired) electrons. The summed E-state index contributed by atoms with van der Waals surface area (Å²) in [5.74, 6) is -0.524. The molecule has 0 unspecified atom stereocenters. The number of pyridine rings is 1. The van der Waals surface area contributed by atoms with Crippen LogP contribution in [0.2, 0.25) is 0 Å². The van der Waals surface area contributed by atoms with Crippen molar-refractivity contribution in [1.82, 2.24) is 15.6 Å². The van der Waals surface area contributed by atoms with Crippen LogP contribution in [0.1, 0.15) is 43.9 Å². The number of halogens is 3. The first kappa shape index (κ1) is 18.5. The van der Waals surface area contributed by atoms with Crippen molar-refractivity contribution in [3.8, 4) is 0 Å². The number of aromatic nitrogens is 1. The van der Waals surface area contributed by atoms with Gasteiger partial charge in [0.1, 0.15) is 0 Å². The summed E-state index contributed by atoms with van der Waals surface area (Å²) < 4.78 is 38.2. The first-order valence-electron chi connectivity index (χ1n) is 8.42. The molecule has 1 aromatic rings. The average molecular weight is 342 g/mol. The fourth-order valence-electron chi connectivity index (χ4n) is 2.92. The summed E-state index contributed by atoms with van der Waals surface area (Å²) >= 11 is 0. The van der Waals surface area contributed by atoms with E-state index >= 15 is 0 Å². The third kappa shape index (κ3) is 5.39. The van der Waals surface area contributed by atoms with Crippen LogP contribution in [0.25, 0.3) is 0 Å². The number of guanidine groups is 1. The van der Waals surface area contributed by atoms with E-state index in [4.69, 9.17) is 0 Å². The number of alkyl halides is 3. The molecule has 4 nitrogen and oxygen atoms in total. The second-order valence-corrected chi connectivity index (χ2v) is 6.20. The summed E-state index contributed by atoms with van der Waals surface area (Å²) in [4.78, 5) is 8.82. The number of nitrogens with one attached hydrogen (secondary N) is 2. The normalized spacial score (nSPS) is 22.3. The maximum Gasteiger partial charge on any atom is 0.391 e. The highest BCUT2D eigenvalue weighted by atomic mass is 19.4. The minimum absolute atomic E-state index is 0.0335. The minimum atomic E-state index is -4.07. The van der Waals surface area contributed by atoms with Gasteiger partial charge in [-0.25, -0.2) is 4.99 Å². The number of rotatable bonds is 4. The predicted octanol–water partition coefficient (Wildman–Crippen LogP) is 3.57. The van der Waals surface area contributed by atoms with E-state index in [1.165, 1.54) is 0 Å². The van der Waals surface area contributed by atoms with Gasteiger partial charge < -0.3 is 10.6 Å². The highest BCUT2D eigenvalue weighted by Gasteiger charge is 2.41. The number of nitrogens with zero attached hydrogens (tertiary/aromatic N) is 2. The summed E-state index contributed by atoms with van der Waals surface area (Å²) in [6.45, 7) is 5.09. The molecule has 0 aliphatic heterocycles. The smallest absolute Gasteiger partial charge is 0.357 e. The van der Waals surface area contributed by atoms with Gasteiger partial charge in [-0.1, -0.05) is 6.07 Å². The molecule has 0 aromatic carbocycles. The van der Waals surface area contributed by atoms with E-state index in [1.54, 1.807) is 6.20 Å². The van der Waals surface area contributed by atoms with E-state index in [2.05, 4.69) is 20.6 Å². The second kappa shape index (κ2) is 8.35. The molecule has 1 fully saturated rings. The Morgan fingerprint density at radius 3 is 2.58 bits per heavy atom. The van der Waals surface area contributed by atoms with Gasteiger partial charge in [-0.15, -0.1) is 0 Å². The van der Waals surface area contributed by atoms with Crippen LogP contribution in [-0.4, -0.2) is 29.7 Å². The van der Waals surface area contributed by atoms with E-state index in [1.807, 2.05) is 26.0 Å². The van der Waals surface area contributed by atoms with Gasteiger partial charge in [0.25, 0.3) is 0 Å². The summed E-state index contributed by atoms with van der Waals surface area (Å²) in [6, 6.07) is 3.90. The van der Waals surface area contributed by atoms with Gasteiger partial charge in [0.15, 0.2) is 5.96 Å². The van der Waals surface area contributed by atoms with E-state index < -0.39 is 12.1 Å². The van der Waals surface area contributed by atoms with Gasteiger partial charge in [0.05, 0.1) is 18.2 Å². The summed E-state index contributed by atoms with van der Waals surface area (Å²) in [5.41, 5.74) is 1.97. The zero-order valence-electron chi connectivity index (χ0n) is 14.2. The predicted molar refractivity (Wildman–Crippen MR) is 88.7 cm³/mol. The van der Waals surface area contributed by atoms with Crippen LogP contribution in [0.4, 0.5) is 13.2 Å². The Morgan fingerprint density at radius 2 is 2.00 bits per heavy atom. The molecule has 2 N–H and O–H groups in total. The maximum atomic E-state index is 12.7. The molecule has 1 aliphatic rings. The number of hydrogen-bond acceptors (Lipinski definition) is 2. The Kier molecular flexibility index (Phi) is 6.45. The maximum absolute atomic E-state index is 12.7. The molecule has 1 saturated carbocycles. The van der Waals surface area contributed by atoms with Crippen molar-refractivity contribution in [2.75, 3.05) is 6.54 Å². The molecule has 7 heteroatoms. The molecule has 1 aromatic heterocycles. The summed E-state index contributed by atoms with van der Waals surface area (Å²) in [5, 5.41) is 6.41. The van der Waals surface area contributed by atoms with Crippen LogP contribution >= 0.6 is 0 Å². The standard InChI is InChI=1S/C17H25F3N4/c1-3-21-16(23-11-15-12(2)5-4-10-22-15)24-14-8-6-13(7-9-14)17(18,19)20/h4-5,10,13-14H,3,6-9,11H2,1-2H3,(H2,21,23,24). The molecule has 1 aliphatic carbocycles. The molecule has 2 rings (SSSR count). The quantitative estimate of drug-likeness (QED) is 0.650. The first-order valence-corrected chi connectivity index (χ1v) is 8.42. The van der Waals surface area contributed by atoms with Gasteiger partial charge in [0.2, 0.25) is 0 Å². The van der Waals surface area contributed by atoms with Crippen molar-refractivity contribution in [3.05, 3.63) is 29.6 Å². The van der Waals surface area contributed by atoms with Crippen molar-refractivity contribution < 1.29 is 13.2 Å². The number of aryl methyl sites for hydroxylation is 1. The van der Waals surface area contributed by atoms with Crippen LogP contribution in [0, 0.1) is 12.8 Å². The molecule has 0 bridgehead atoms. The van der Waals surface area contributed by atoms with Crippen LogP contribution in [0.5, 0.6) is 0 Å². The van der Waals surface area contributed by atoms with Crippen LogP contribution in [0.15, 0.2) is 23.3 Å². The molecule has 0 saturated heterocycles. The number of hydrogen-bond donors (Lipinski definition) is 2. The SMILES string of the molecule is CCNC(=NCc1ncccc1C)NC1CCC(C(F)(F)F)CC1. The van der Waals surface area contributed by atoms with Crippen molar-refractivity contribution in [1.29, 1.82) is 0 Å². The Balaban J connectivity index is 1.92.